The summed E-state index contributed by atoms with van der Waals surface area (Å²) in [5.41, 5.74) is 11.6. The zero-order valence-electron chi connectivity index (χ0n) is 31.6. The lowest BCUT2D eigenvalue weighted by atomic mass is 10.0. The van der Waals surface area contributed by atoms with Gasteiger partial charge in [0.2, 0.25) is 0 Å². The molecule has 4 aromatic heterocycles. The molecule has 0 aliphatic carbocycles. The second kappa shape index (κ2) is 13.2. The Labute approximate surface area is 338 Å². The second-order valence-corrected chi connectivity index (χ2v) is 14.7. The predicted molar refractivity (Wildman–Crippen MR) is 238 cm³/mol. The third-order valence-corrected chi connectivity index (χ3v) is 11.2. The third kappa shape index (κ3) is 5.36. The van der Waals surface area contributed by atoms with Crippen molar-refractivity contribution in [2.45, 2.75) is 0 Å². The first-order valence-corrected chi connectivity index (χ1v) is 19.6. The molecule has 0 bridgehead atoms. The summed E-state index contributed by atoms with van der Waals surface area (Å²) in [6.45, 7) is 0. The zero-order valence-corrected chi connectivity index (χ0v) is 31.6. The molecule has 276 valence electrons. The summed E-state index contributed by atoms with van der Waals surface area (Å²) in [6.07, 6.45) is 0. The molecule has 0 spiro atoms. The highest BCUT2D eigenvalue weighted by Crippen LogP contribution is 2.39. The maximum Gasteiger partial charge on any atom is 0.164 e. The molecule has 0 saturated carbocycles. The molecule has 0 aliphatic rings. The van der Waals surface area contributed by atoms with Gasteiger partial charge in [0.1, 0.15) is 17.0 Å². The Hall–Kier alpha value is -8.16. The van der Waals surface area contributed by atoms with Crippen molar-refractivity contribution in [2.75, 3.05) is 0 Å². The maximum atomic E-state index is 6.63. The normalized spacial score (nSPS) is 11.7. The fourth-order valence-corrected chi connectivity index (χ4v) is 8.51. The lowest BCUT2D eigenvalue weighted by molar-refractivity contribution is 0.669. The average molecular weight is 757 g/mol. The first-order chi connectivity index (χ1) is 29.2. The van der Waals surface area contributed by atoms with Gasteiger partial charge in [0, 0.05) is 55.2 Å². The Kier molecular flexibility index (Phi) is 7.40. The largest absolute Gasteiger partial charge is 0.456 e. The van der Waals surface area contributed by atoms with Crippen LogP contribution in [0.15, 0.2) is 199 Å². The standard InChI is InChI=1S/C52H32N6O/c1-3-14-33(15-4-1)49-54-50(34-26-29-37(30-27-34)57-43-22-10-7-18-38(43)39-19-8-11-23-44(39)57)56-51(55-49)41-20-13-25-46-48(41)40-31-28-35(32-47(40)59-46)52-53-42-21-9-12-24-45(42)58(52)36-16-5-2-6-17-36/h1-32H. The molecule has 0 amide bonds. The Morgan fingerprint density at radius 3 is 1.66 bits per heavy atom. The lowest BCUT2D eigenvalue weighted by Crippen LogP contribution is -2.01. The molecule has 12 aromatic rings. The average Bonchev–Trinajstić information content (AvgIpc) is 3.99. The van der Waals surface area contributed by atoms with Gasteiger partial charge in [-0.25, -0.2) is 19.9 Å². The van der Waals surface area contributed by atoms with E-state index in [1.54, 1.807) is 0 Å². The van der Waals surface area contributed by atoms with Crippen LogP contribution in [-0.4, -0.2) is 29.1 Å². The van der Waals surface area contributed by atoms with Crippen LogP contribution in [0.25, 0.3) is 112 Å². The van der Waals surface area contributed by atoms with Gasteiger partial charge in [-0.3, -0.25) is 4.57 Å². The van der Waals surface area contributed by atoms with Crippen LogP contribution in [0.3, 0.4) is 0 Å². The Balaban J connectivity index is 0.998. The van der Waals surface area contributed by atoms with Crippen LogP contribution in [0.5, 0.6) is 0 Å². The van der Waals surface area contributed by atoms with Gasteiger partial charge in [-0.2, -0.15) is 0 Å². The molecule has 0 fully saturated rings. The van der Waals surface area contributed by atoms with E-state index in [1.807, 2.05) is 54.6 Å². The molecular formula is C52H32N6O. The van der Waals surface area contributed by atoms with E-state index in [-0.39, 0.29) is 0 Å². The minimum atomic E-state index is 0.573. The van der Waals surface area contributed by atoms with Crippen molar-refractivity contribution in [3.8, 4) is 56.9 Å². The first-order valence-electron chi connectivity index (χ1n) is 19.6. The van der Waals surface area contributed by atoms with E-state index >= 15 is 0 Å². The highest BCUT2D eigenvalue weighted by Gasteiger charge is 2.21. The lowest BCUT2D eigenvalue weighted by Gasteiger charge is -2.11. The van der Waals surface area contributed by atoms with Crippen molar-refractivity contribution in [2.24, 2.45) is 0 Å². The monoisotopic (exact) mass is 756 g/mol. The number of hydrogen-bond donors (Lipinski definition) is 0. The fourth-order valence-electron chi connectivity index (χ4n) is 8.51. The zero-order chi connectivity index (χ0) is 38.9. The summed E-state index contributed by atoms with van der Waals surface area (Å²) < 4.78 is 11.1. The molecule has 0 saturated heterocycles. The molecule has 7 heteroatoms. The van der Waals surface area contributed by atoms with Crippen molar-refractivity contribution < 1.29 is 4.42 Å². The van der Waals surface area contributed by atoms with E-state index < -0.39 is 0 Å². The van der Waals surface area contributed by atoms with Gasteiger partial charge in [0.15, 0.2) is 17.5 Å². The van der Waals surface area contributed by atoms with Crippen LogP contribution >= 0.6 is 0 Å². The summed E-state index contributed by atoms with van der Waals surface area (Å²) in [5, 5.41) is 4.38. The van der Waals surface area contributed by atoms with Crippen molar-refractivity contribution in [1.82, 2.24) is 29.1 Å². The minimum absolute atomic E-state index is 0.573. The highest BCUT2D eigenvalue weighted by molar-refractivity contribution is 6.13. The number of fused-ring (bicyclic) bond motifs is 7. The quantitative estimate of drug-likeness (QED) is 0.169. The molecule has 7 nitrogen and oxygen atoms in total. The second-order valence-electron chi connectivity index (χ2n) is 14.7. The maximum absolute atomic E-state index is 6.63. The van der Waals surface area contributed by atoms with Gasteiger partial charge < -0.3 is 8.98 Å². The van der Waals surface area contributed by atoms with Crippen LogP contribution in [-0.2, 0) is 0 Å². The van der Waals surface area contributed by atoms with Gasteiger partial charge in [0.25, 0.3) is 0 Å². The van der Waals surface area contributed by atoms with E-state index in [1.165, 1.54) is 10.8 Å². The number of furan rings is 1. The van der Waals surface area contributed by atoms with Crippen LogP contribution in [0.2, 0.25) is 0 Å². The number of rotatable bonds is 6. The van der Waals surface area contributed by atoms with Crippen LogP contribution in [0, 0.1) is 0 Å². The molecule has 0 atom stereocenters. The van der Waals surface area contributed by atoms with E-state index in [0.29, 0.717) is 17.5 Å². The molecule has 0 aliphatic heterocycles. The van der Waals surface area contributed by atoms with Crippen molar-refractivity contribution in [1.29, 1.82) is 0 Å². The summed E-state index contributed by atoms with van der Waals surface area (Å²) >= 11 is 0. The summed E-state index contributed by atoms with van der Waals surface area (Å²) in [4.78, 5) is 20.5. The first kappa shape index (κ1) is 33.0. The molecule has 0 N–H and O–H groups in total. The van der Waals surface area contributed by atoms with E-state index in [4.69, 9.17) is 24.4 Å². The molecule has 0 unspecified atom stereocenters. The van der Waals surface area contributed by atoms with Crippen molar-refractivity contribution in [3.63, 3.8) is 0 Å². The van der Waals surface area contributed by atoms with E-state index in [0.717, 1.165) is 83.5 Å². The predicted octanol–water partition coefficient (Wildman–Crippen LogP) is 12.9. The number of benzene rings is 8. The number of hydrogen-bond acceptors (Lipinski definition) is 5. The van der Waals surface area contributed by atoms with Gasteiger partial charge in [-0.05, 0) is 78.9 Å². The molecule has 4 heterocycles. The summed E-state index contributed by atoms with van der Waals surface area (Å²) in [6, 6.07) is 66.7. The Morgan fingerprint density at radius 1 is 0.356 bits per heavy atom. The van der Waals surface area contributed by atoms with Crippen molar-refractivity contribution in [3.05, 3.63) is 194 Å². The Bertz CT molecular complexity index is 3490. The number of nitrogens with zero attached hydrogens (tertiary/aromatic N) is 6. The molecule has 59 heavy (non-hydrogen) atoms. The number of imidazole rings is 1. The van der Waals surface area contributed by atoms with Gasteiger partial charge in [0.05, 0.1) is 22.1 Å². The van der Waals surface area contributed by atoms with Gasteiger partial charge in [-0.1, -0.05) is 115 Å². The molecular weight excluding hydrogens is 725 g/mol. The third-order valence-electron chi connectivity index (χ3n) is 11.2. The minimum Gasteiger partial charge on any atom is -0.456 e. The molecule has 12 rings (SSSR count). The Morgan fingerprint density at radius 2 is 0.932 bits per heavy atom. The van der Waals surface area contributed by atoms with Crippen molar-refractivity contribution >= 4 is 54.8 Å². The van der Waals surface area contributed by atoms with Crippen LogP contribution in [0.4, 0.5) is 0 Å². The van der Waals surface area contributed by atoms with E-state index in [9.17, 15) is 0 Å². The van der Waals surface area contributed by atoms with Gasteiger partial charge in [-0.15, -0.1) is 0 Å². The summed E-state index contributed by atoms with van der Waals surface area (Å²) in [5.74, 6) is 2.61. The molecule has 0 radical (unpaired) electrons. The number of aromatic nitrogens is 6. The topological polar surface area (TPSA) is 74.6 Å². The number of para-hydroxylation sites is 5. The highest BCUT2D eigenvalue weighted by atomic mass is 16.3. The van der Waals surface area contributed by atoms with Crippen LogP contribution in [0.1, 0.15) is 0 Å². The van der Waals surface area contributed by atoms with E-state index in [2.05, 4.69) is 149 Å². The molecule has 8 aromatic carbocycles. The SMILES string of the molecule is c1ccc(-c2nc(-c3ccc(-n4c5ccccc5c5ccccc54)cc3)nc(-c3cccc4oc5cc(-c6nc7ccccc7n6-c6ccccc6)ccc5c34)n2)cc1. The smallest absolute Gasteiger partial charge is 0.164 e. The van der Waals surface area contributed by atoms with Gasteiger partial charge >= 0.3 is 0 Å². The van der Waals surface area contributed by atoms with Crippen LogP contribution < -0.4 is 0 Å². The fraction of sp³-hybridized carbons (Fsp3) is 0. The summed E-state index contributed by atoms with van der Waals surface area (Å²) in [7, 11) is 0.